The zero-order chi connectivity index (χ0) is 41.4. The molecule has 14 heteroatoms. The van der Waals surface area contributed by atoms with E-state index in [0.717, 1.165) is 51.4 Å². The normalized spacial score (nSPS) is 17.5. The van der Waals surface area contributed by atoms with Crippen LogP contribution in [0.15, 0.2) is 48.6 Å². The average Bonchev–Trinajstić information content (AvgIpc) is 4.04. The van der Waals surface area contributed by atoms with Crippen molar-refractivity contribution in [3.05, 3.63) is 59.9 Å². The number of hydrogen-bond donors (Lipinski definition) is 0. The Bertz CT molecular complexity index is 1680. The number of hydrogen-bond acceptors (Lipinski definition) is 13. The van der Waals surface area contributed by atoms with E-state index in [1.807, 2.05) is 6.07 Å². The smallest absolute Gasteiger partial charge is 0.338 e. The van der Waals surface area contributed by atoms with Gasteiger partial charge in [0, 0.05) is 22.8 Å². The number of methoxy groups -OCH3 is 2. The molecule has 0 amide bonds. The molecule has 0 spiro atoms. The van der Waals surface area contributed by atoms with Gasteiger partial charge in [-0.15, -0.1) is 0 Å². The maximum absolute atomic E-state index is 16.0. The van der Waals surface area contributed by atoms with Gasteiger partial charge >= 0.3 is 29.8 Å². The molecule has 2 aliphatic rings. The molecule has 0 N–H and O–H groups in total. The SMILES string of the molecule is C=C(C)C(=O)Oc1cc(OCC(COC(=O)CC(=O)OC)(COC(=O)CC(=O)OC)COC2CO2)ccc1-c1ccc(C2CCC(CCCCCC)CC2)cc1F. The molecule has 4 rings (SSSR count). The van der Waals surface area contributed by atoms with Gasteiger partial charge in [-0.25, -0.2) is 9.18 Å². The molecule has 312 valence electrons. The second kappa shape index (κ2) is 22.2. The predicted octanol–water partition coefficient (Wildman–Crippen LogP) is 7.17. The van der Waals surface area contributed by atoms with Crippen LogP contribution in [0.1, 0.15) is 96.0 Å². The summed E-state index contributed by atoms with van der Waals surface area (Å²) in [6, 6.07) is 9.71. The summed E-state index contributed by atoms with van der Waals surface area (Å²) in [5.74, 6) is -3.55. The Balaban J connectivity index is 1.56. The predicted molar refractivity (Wildman–Crippen MR) is 205 cm³/mol. The van der Waals surface area contributed by atoms with Crippen LogP contribution in [0.2, 0.25) is 0 Å². The van der Waals surface area contributed by atoms with E-state index < -0.39 is 73.4 Å². The van der Waals surface area contributed by atoms with Gasteiger partial charge in [-0.1, -0.05) is 57.7 Å². The number of unbranched alkanes of at least 4 members (excludes halogenated alkanes) is 3. The third-order valence-corrected chi connectivity index (χ3v) is 10.1. The third kappa shape index (κ3) is 14.6. The molecule has 1 atom stereocenters. The summed E-state index contributed by atoms with van der Waals surface area (Å²) in [7, 11) is 2.24. The van der Waals surface area contributed by atoms with Crippen molar-refractivity contribution in [1.82, 2.24) is 0 Å². The van der Waals surface area contributed by atoms with Crippen LogP contribution >= 0.6 is 0 Å². The third-order valence-electron chi connectivity index (χ3n) is 10.1. The van der Waals surface area contributed by atoms with E-state index in [1.165, 1.54) is 45.1 Å². The molecule has 13 nitrogen and oxygen atoms in total. The standard InChI is InChI=1S/C43H55FO13/c1-6-7-8-9-10-29-11-13-30(14-12-29)31-15-17-33(35(44)19-31)34-18-16-32(20-36(34)57-42(49)28(2)3)53-24-43(27-56-41-23-52-41,25-54-39(47)21-37(45)50-4)26-55-40(48)22-38(46)51-5/h15-20,29-30,41H,2,6-14,21-27H2,1,3-5H3. The van der Waals surface area contributed by atoms with Crippen LogP contribution in [0.4, 0.5) is 4.39 Å². The van der Waals surface area contributed by atoms with Gasteiger partial charge < -0.3 is 37.9 Å². The molecule has 0 radical (unpaired) electrons. The van der Waals surface area contributed by atoms with Gasteiger partial charge in [-0.2, -0.15) is 0 Å². The summed E-state index contributed by atoms with van der Waals surface area (Å²) in [5, 5.41) is 0. The second-order valence-corrected chi connectivity index (χ2v) is 14.8. The van der Waals surface area contributed by atoms with Gasteiger partial charge in [-0.3, -0.25) is 19.2 Å². The summed E-state index contributed by atoms with van der Waals surface area (Å²) in [4.78, 5) is 61.2. The molecule has 1 unspecified atom stereocenters. The fraction of sp³-hybridized carbons (Fsp3) is 0.558. The fourth-order valence-electron chi connectivity index (χ4n) is 6.58. The summed E-state index contributed by atoms with van der Waals surface area (Å²) in [6.45, 7) is 6.20. The van der Waals surface area contributed by atoms with Crippen molar-refractivity contribution in [3.8, 4) is 22.6 Å². The zero-order valence-corrected chi connectivity index (χ0v) is 33.4. The van der Waals surface area contributed by atoms with Crippen LogP contribution in [0.3, 0.4) is 0 Å². The monoisotopic (exact) mass is 798 g/mol. The largest absolute Gasteiger partial charge is 0.493 e. The lowest BCUT2D eigenvalue weighted by molar-refractivity contribution is -0.165. The van der Waals surface area contributed by atoms with E-state index in [4.69, 9.17) is 28.4 Å². The Morgan fingerprint density at radius 3 is 2.00 bits per heavy atom. The van der Waals surface area contributed by atoms with Gasteiger partial charge in [0.15, 0.2) is 6.29 Å². The Labute approximate surface area is 333 Å². The van der Waals surface area contributed by atoms with E-state index in [1.54, 1.807) is 24.3 Å². The molecule has 57 heavy (non-hydrogen) atoms. The molecule has 2 aromatic carbocycles. The van der Waals surface area contributed by atoms with Crippen molar-refractivity contribution in [2.75, 3.05) is 47.3 Å². The molecular weight excluding hydrogens is 743 g/mol. The number of esters is 5. The second-order valence-electron chi connectivity index (χ2n) is 14.8. The first kappa shape index (κ1) is 44.9. The molecule has 0 aromatic heterocycles. The van der Waals surface area contributed by atoms with Gasteiger partial charge in [0.05, 0.1) is 26.2 Å². The molecule has 1 aliphatic carbocycles. The number of halogens is 1. The minimum atomic E-state index is -1.41. The minimum Gasteiger partial charge on any atom is -0.493 e. The summed E-state index contributed by atoms with van der Waals surface area (Å²) >= 11 is 0. The van der Waals surface area contributed by atoms with Crippen LogP contribution in [-0.4, -0.2) is 83.4 Å². The minimum absolute atomic E-state index is 0.00188. The fourth-order valence-corrected chi connectivity index (χ4v) is 6.58. The summed E-state index contributed by atoms with van der Waals surface area (Å²) in [5.41, 5.74) is 0.167. The van der Waals surface area contributed by atoms with Crippen molar-refractivity contribution in [1.29, 1.82) is 0 Å². The highest BCUT2D eigenvalue weighted by molar-refractivity contribution is 5.92. The zero-order valence-electron chi connectivity index (χ0n) is 33.4. The average molecular weight is 799 g/mol. The lowest BCUT2D eigenvalue weighted by Gasteiger charge is -2.32. The highest BCUT2D eigenvalue weighted by Gasteiger charge is 2.39. The number of benzene rings is 2. The number of rotatable bonds is 23. The van der Waals surface area contributed by atoms with Crippen LogP contribution < -0.4 is 9.47 Å². The van der Waals surface area contributed by atoms with Crippen LogP contribution in [0.25, 0.3) is 11.1 Å². The van der Waals surface area contributed by atoms with Gasteiger partial charge in [-0.05, 0) is 68.2 Å². The lowest BCUT2D eigenvalue weighted by atomic mass is 9.77. The first-order chi connectivity index (χ1) is 27.3. The van der Waals surface area contributed by atoms with Gasteiger partial charge in [0.2, 0.25) is 0 Å². The van der Waals surface area contributed by atoms with Crippen molar-refractivity contribution in [2.24, 2.45) is 11.3 Å². The Morgan fingerprint density at radius 2 is 1.44 bits per heavy atom. The molecule has 1 saturated carbocycles. The first-order valence-electron chi connectivity index (χ1n) is 19.5. The van der Waals surface area contributed by atoms with Gasteiger partial charge in [0.1, 0.15) is 56.6 Å². The Hall–Kier alpha value is -4.82. The maximum atomic E-state index is 16.0. The Morgan fingerprint density at radius 1 is 0.807 bits per heavy atom. The van der Waals surface area contributed by atoms with Crippen molar-refractivity contribution in [3.63, 3.8) is 0 Å². The van der Waals surface area contributed by atoms with E-state index in [9.17, 15) is 24.0 Å². The molecule has 1 heterocycles. The molecular formula is C43H55FO13. The van der Waals surface area contributed by atoms with Crippen LogP contribution in [-0.2, 0) is 52.4 Å². The number of carbonyl (C=O) groups is 5. The van der Waals surface area contributed by atoms with Crippen molar-refractivity contribution < 1.29 is 66.3 Å². The highest BCUT2D eigenvalue weighted by Crippen LogP contribution is 2.41. The summed E-state index contributed by atoms with van der Waals surface area (Å²) in [6.07, 6.45) is 8.66. The van der Waals surface area contributed by atoms with E-state index in [-0.39, 0.29) is 41.8 Å². The van der Waals surface area contributed by atoms with Crippen molar-refractivity contribution in [2.45, 2.75) is 96.7 Å². The van der Waals surface area contributed by atoms with E-state index in [0.29, 0.717) is 12.2 Å². The highest BCUT2D eigenvalue weighted by atomic mass is 19.1. The van der Waals surface area contributed by atoms with Crippen LogP contribution in [0.5, 0.6) is 11.5 Å². The van der Waals surface area contributed by atoms with E-state index in [2.05, 4.69) is 23.0 Å². The topological polar surface area (TPSA) is 162 Å². The molecule has 1 saturated heterocycles. The van der Waals surface area contributed by atoms with Gasteiger partial charge in [0.25, 0.3) is 0 Å². The van der Waals surface area contributed by atoms with Crippen LogP contribution in [0, 0.1) is 17.2 Å². The first-order valence-corrected chi connectivity index (χ1v) is 19.5. The summed E-state index contributed by atoms with van der Waals surface area (Å²) < 4.78 is 58.6. The molecule has 2 fully saturated rings. The molecule has 1 aliphatic heterocycles. The lowest BCUT2D eigenvalue weighted by Crippen LogP contribution is -2.44. The number of epoxide rings is 1. The molecule has 0 bridgehead atoms. The number of carbonyl (C=O) groups excluding carboxylic acids is 5. The maximum Gasteiger partial charge on any atom is 0.338 e. The van der Waals surface area contributed by atoms with Crippen molar-refractivity contribution >= 4 is 29.8 Å². The number of ether oxygens (including phenoxy) is 8. The quantitative estimate of drug-likeness (QED) is 0.0212. The Kier molecular flexibility index (Phi) is 17.5. The molecule has 2 aromatic rings. The van der Waals surface area contributed by atoms with E-state index >= 15 is 4.39 Å².